The molecule has 0 bridgehead atoms. The van der Waals surface area contributed by atoms with Gasteiger partial charge in [-0.2, -0.15) is 0 Å². The largest absolute Gasteiger partial charge is 0.396 e. The fourth-order valence-electron chi connectivity index (χ4n) is 2.76. The minimum Gasteiger partial charge on any atom is -0.396 e. The van der Waals surface area contributed by atoms with Gasteiger partial charge in [-0.25, -0.2) is 0 Å². The first-order chi connectivity index (χ1) is 10.2. The highest BCUT2D eigenvalue weighted by molar-refractivity contribution is 4.60. The molecule has 0 aromatic rings. The van der Waals surface area contributed by atoms with Crippen LogP contribution in [0.1, 0.15) is 104 Å². The molecule has 0 spiro atoms. The second-order valence-electron chi connectivity index (χ2n) is 6.84. The zero-order valence-electron chi connectivity index (χ0n) is 14.7. The summed E-state index contributed by atoms with van der Waals surface area (Å²) in [5.41, 5.74) is 0. The van der Waals surface area contributed by atoms with E-state index in [0.29, 0.717) is 5.92 Å². The van der Waals surface area contributed by atoms with Crippen LogP contribution in [0, 0.1) is 5.92 Å². The van der Waals surface area contributed by atoms with Crippen LogP contribution in [0.3, 0.4) is 0 Å². The highest BCUT2D eigenvalue weighted by Crippen LogP contribution is 2.15. The molecule has 0 aromatic carbocycles. The molecule has 0 aliphatic rings. The summed E-state index contributed by atoms with van der Waals surface area (Å²) >= 11 is 0. The molecule has 2 N–H and O–H groups in total. The van der Waals surface area contributed by atoms with E-state index in [1.54, 1.807) is 0 Å². The number of rotatable bonds is 16. The Balaban J connectivity index is 3.14. The van der Waals surface area contributed by atoms with Crippen molar-refractivity contribution < 1.29 is 10.2 Å². The van der Waals surface area contributed by atoms with Crippen molar-refractivity contribution in [3.8, 4) is 0 Å². The highest BCUT2D eigenvalue weighted by Gasteiger charge is 2.07. The molecule has 0 fully saturated rings. The summed E-state index contributed by atoms with van der Waals surface area (Å²) in [5, 5.41) is 18.8. The quantitative estimate of drug-likeness (QED) is 0.372. The summed E-state index contributed by atoms with van der Waals surface area (Å²) in [4.78, 5) is 0. The van der Waals surface area contributed by atoms with E-state index in [0.717, 1.165) is 25.7 Å². The summed E-state index contributed by atoms with van der Waals surface area (Å²) in [6.45, 7) is 4.55. The summed E-state index contributed by atoms with van der Waals surface area (Å²) in [5.74, 6) is 0.331. The number of unbranched alkanes of at least 4 members (excludes halogenated alkanes) is 10. The number of hydrogen-bond acceptors (Lipinski definition) is 2. The summed E-state index contributed by atoms with van der Waals surface area (Å²) in [6, 6.07) is 0. The van der Waals surface area contributed by atoms with Crippen LogP contribution in [-0.4, -0.2) is 22.9 Å². The van der Waals surface area contributed by atoms with Crippen LogP contribution in [0.25, 0.3) is 0 Å². The van der Waals surface area contributed by atoms with E-state index >= 15 is 0 Å². The molecule has 2 nitrogen and oxygen atoms in total. The normalized spacial score (nSPS) is 14.3. The Morgan fingerprint density at radius 2 is 1.14 bits per heavy atom. The van der Waals surface area contributed by atoms with Gasteiger partial charge in [-0.1, -0.05) is 84.5 Å². The lowest BCUT2D eigenvalue weighted by molar-refractivity contribution is 0.133. The molecular weight excluding hydrogens is 260 g/mol. The molecule has 0 saturated heterocycles. The number of aliphatic hydroxyl groups excluding tert-OH is 2. The van der Waals surface area contributed by atoms with Crippen LogP contribution in [0.2, 0.25) is 0 Å². The third-order valence-corrected chi connectivity index (χ3v) is 4.45. The summed E-state index contributed by atoms with van der Waals surface area (Å²) in [7, 11) is 0. The van der Waals surface area contributed by atoms with Crippen molar-refractivity contribution in [1.29, 1.82) is 0 Å². The third kappa shape index (κ3) is 16.1. The van der Waals surface area contributed by atoms with Gasteiger partial charge in [-0.05, 0) is 25.2 Å². The molecule has 2 heteroatoms. The first-order valence-electron chi connectivity index (χ1n) is 9.49. The molecule has 0 saturated carbocycles. The Hall–Kier alpha value is -0.0800. The van der Waals surface area contributed by atoms with Crippen LogP contribution in [0.15, 0.2) is 0 Å². The van der Waals surface area contributed by atoms with E-state index in [1.165, 1.54) is 64.2 Å². The van der Waals surface area contributed by atoms with E-state index < -0.39 is 0 Å². The SMILES string of the molecule is CCCCCCCCCCCCCC(O)CCC(C)CO. The molecule has 0 rings (SSSR count). The molecule has 0 amide bonds. The standard InChI is InChI=1S/C19H40O2/c1-3-4-5-6-7-8-9-10-11-12-13-14-19(21)16-15-18(2)17-20/h18-21H,3-17H2,1-2H3. The summed E-state index contributed by atoms with van der Waals surface area (Å²) in [6.07, 6.45) is 17.5. The monoisotopic (exact) mass is 300 g/mol. The second kappa shape index (κ2) is 16.3. The van der Waals surface area contributed by atoms with E-state index in [4.69, 9.17) is 5.11 Å². The molecule has 0 aliphatic carbocycles. The Morgan fingerprint density at radius 3 is 1.62 bits per heavy atom. The van der Waals surface area contributed by atoms with Crippen molar-refractivity contribution >= 4 is 0 Å². The van der Waals surface area contributed by atoms with Crippen molar-refractivity contribution in [2.24, 2.45) is 5.92 Å². The van der Waals surface area contributed by atoms with Crippen LogP contribution in [0.4, 0.5) is 0 Å². The zero-order chi connectivity index (χ0) is 15.8. The predicted octanol–water partition coefficient (Wildman–Crippen LogP) is 5.46. The molecular formula is C19H40O2. The van der Waals surface area contributed by atoms with Gasteiger partial charge in [0.2, 0.25) is 0 Å². The molecule has 0 aromatic heterocycles. The molecule has 2 atom stereocenters. The Labute approximate surface area is 133 Å². The lowest BCUT2D eigenvalue weighted by Crippen LogP contribution is -2.10. The molecule has 128 valence electrons. The van der Waals surface area contributed by atoms with Crippen LogP contribution in [-0.2, 0) is 0 Å². The van der Waals surface area contributed by atoms with Crippen molar-refractivity contribution in [1.82, 2.24) is 0 Å². The predicted molar refractivity (Wildman–Crippen MR) is 92.6 cm³/mol. The average Bonchev–Trinajstić information content (AvgIpc) is 2.50. The van der Waals surface area contributed by atoms with Gasteiger partial charge in [0.05, 0.1) is 6.10 Å². The van der Waals surface area contributed by atoms with Crippen molar-refractivity contribution in [3.05, 3.63) is 0 Å². The van der Waals surface area contributed by atoms with Crippen molar-refractivity contribution in [2.45, 2.75) is 110 Å². The van der Waals surface area contributed by atoms with Gasteiger partial charge in [0.15, 0.2) is 0 Å². The van der Waals surface area contributed by atoms with Gasteiger partial charge in [-0.3, -0.25) is 0 Å². The van der Waals surface area contributed by atoms with E-state index in [9.17, 15) is 5.11 Å². The van der Waals surface area contributed by atoms with Crippen molar-refractivity contribution in [2.75, 3.05) is 6.61 Å². The first-order valence-corrected chi connectivity index (χ1v) is 9.49. The molecule has 0 aliphatic heterocycles. The van der Waals surface area contributed by atoms with E-state index in [1.807, 2.05) is 6.92 Å². The topological polar surface area (TPSA) is 40.5 Å². The lowest BCUT2D eigenvalue weighted by atomic mass is 9.99. The molecule has 2 unspecified atom stereocenters. The van der Waals surface area contributed by atoms with Crippen LogP contribution in [0.5, 0.6) is 0 Å². The third-order valence-electron chi connectivity index (χ3n) is 4.45. The Kier molecular flexibility index (Phi) is 16.2. The fourth-order valence-corrected chi connectivity index (χ4v) is 2.76. The number of aliphatic hydroxyl groups is 2. The van der Waals surface area contributed by atoms with Gasteiger partial charge in [-0.15, -0.1) is 0 Å². The van der Waals surface area contributed by atoms with E-state index in [2.05, 4.69) is 6.92 Å². The Bertz CT molecular complexity index is 194. The first kappa shape index (κ1) is 20.9. The fraction of sp³-hybridized carbons (Fsp3) is 1.00. The van der Waals surface area contributed by atoms with Crippen LogP contribution >= 0.6 is 0 Å². The van der Waals surface area contributed by atoms with Gasteiger partial charge in [0.1, 0.15) is 0 Å². The Morgan fingerprint density at radius 1 is 0.667 bits per heavy atom. The molecule has 0 radical (unpaired) electrons. The molecule has 0 heterocycles. The van der Waals surface area contributed by atoms with Gasteiger partial charge < -0.3 is 10.2 Å². The average molecular weight is 301 g/mol. The zero-order valence-corrected chi connectivity index (χ0v) is 14.7. The van der Waals surface area contributed by atoms with Gasteiger partial charge >= 0.3 is 0 Å². The number of hydrogen-bond donors (Lipinski definition) is 2. The van der Waals surface area contributed by atoms with Gasteiger partial charge in [0, 0.05) is 6.61 Å². The maximum Gasteiger partial charge on any atom is 0.0540 e. The maximum absolute atomic E-state index is 9.86. The minimum atomic E-state index is -0.155. The van der Waals surface area contributed by atoms with E-state index in [-0.39, 0.29) is 12.7 Å². The van der Waals surface area contributed by atoms with Crippen LogP contribution < -0.4 is 0 Å². The second-order valence-corrected chi connectivity index (χ2v) is 6.84. The summed E-state index contributed by atoms with van der Waals surface area (Å²) < 4.78 is 0. The van der Waals surface area contributed by atoms with Gasteiger partial charge in [0.25, 0.3) is 0 Å². The van der Waals surface area contributed by atoms with Crippen molar-refractivity contribution in [3.63, 3.8) is 0 Å². The lowest BCUT2D eigenvalue weighted by Gasteiger charge is -2.13. The smallest absolute Gasteiger partial charge is 0.0540 e. The maximum atomic E-state index is 9.86. The highest BCUT2D eigenvalue weighted by atomic mass is 16.3. The molecule has 21 heavy (non-hydrogen) atoms. The minimum absolute atomic E-state index is 0.155.